The maximum Gasteiger partial charge on any atom is 0.184 e. The lowest BCUT2D eigenvalue weighted by molar-refractivity contribution is 0.0961. The number of benzene rings is 2. The van der Waals surface area contributed by atoms with E-state index in [0.717, 1.165) is 16.7 Å². The Kier molecular flexibility index (Phi) is 5.10. The van der Waals surface area contributed by atoms with Crippen molar-refractivity contribution in [3.63, 3.8) is 0 Å². The van der Waals surface area contributed by atoms with E-state index in [4.69, 9.17) is 5.73 Å². The lowest BCUT2D eigenvalue weighted by Crippen LogP contribution is -2.24. The smallest absolute Gasteiger partial charge is 0.184 e. The molecule has 2 aromatic rings. The molecular weight excluding hydrogens is 310 g/mol. The Morgan fingerprint density at radius 1 is 0.920 bits per heavy atom. The highest BCUT2D eigenvalue weighted by atomic mass is 16.3. The Morgan fingerprint density at radius 2 is 1.36 bits per heavy atom. The van der Waals surface area contributed by atoms with Crippen molar-refractivity contribution in [2.24, 2.45) is 5.73 Å². The van der Waals surface area contributed by atoms with Crippen molar-refractivity contribution in [1.29, 1.82) is 0 Å². The Labute approximate surface area is 150 Å². The number of phenolic OH excluding ortho intramolecular Hbond substituents is 1. The zero-order valence-corrected chi connectivity index (χ0v) is 16.1. The largest absolute Gasteiger partial charge is 0.507 e. The molecule has 0 aliphatic rings. The quantitative estimate of drug-likeness (QED) is 0.784. The molecule has 2 rings (SSSR count). The number of ketones is 1. The zero-order valence-electron chi connectivity index (χ0n) is 16.1. The summed E-state index contributed by atoms with van der Waals surface area (Å²) in [6.45, 7) is 12.2. The van der Waals surface area contributed by atoms with Gasteiger partial charge in [-0.25, -0.2) is 0 Å². The van der Waals surface area contributed by atoms with Crippen molar-refractivity contribution in [2.75, 3.05) is 0 Å². The Hall–Kier alpha value is -2.13. The highest BCUT2D eigenvalue weighted by Crippen LogP contribution is 2.40. The van der Waals surface area contributed by atoms with Crippen molar-refractivity contribution in [1.82, 2.24) is 0 Å². The van der Waals surface area contributed by atoms with Crippen LogP contribution in [0.25, 0.3) is 0 Å². The maximum atomic E-state index is 13.0. The molecule has 1 unspecified atom stereocenters. The molecule has 0 aromatic heterocycles. The summed E-state index contributed by atoms with van der Waals surface area (Å²) >= 11 is 0. The van der Waals surface area contributed by atoms with Crippen molar-refractivity contribution < 1.29 is 9.90 Å². The highest BCUT2D eigenvalue weighted by Gasteiger charge is 2.29. The van der Waals surface area contributed by atoms with Crippen LogP contribution in [0.3, 0.4) is 0 Å². The summed E-state index contributed by atoms with van der Waals surface area (Å²) in [5.41, 5.74) is 8.52. The fraction of sp³-hybridized carbons (Fsp3) is 0.409. The second-order valence-electron chi connectivity index (χ2n) is 8.67. The van der Waals surface area contributed by atoms with Crippen LogP contribution in [0.15, 0.2) is 42.5 Å². The molecule has 134 valence electrons. The molecule has 0 fully saturated rings. The molecule has 0 amide bonds. The summed E-state index contributed by atoms with van der Waals surface area (Å²) < 4.78 is 0. The number of rotatable bonds is 3. The van der Waals surface area contributed by atoms with Gasteiger partial charge in [0, 0.05) is 16.7 Å². The molecule has 2 aromatic carbocycles. The molecule has 1 atom stereocenters. The first-order valence-corrected chi connectivity index (χ1v) is 8.65. The molecule has 0 saturated heterocycles. The summed E-state index contributed by atoms with van der Waals surface area (Å²) in [7, 11) is 0. The van der Waals surface area contributed by atoms with Crippen LogP contribution in [-0.2, 0) is 10.8 Å². The number of hydrogen-bond acceptors (Lipinski definition) is 3. The molecular formula is C22H29NO2. The van der Waals surface area contributed by atoms with Crippen LogP contribution in [0.5, 0.6) is 5.75 Å². The van der Waals surface area contributed by atoms with Crippen LogP contribution in [0.2, 0.25) is 0 Å². The van der Waals surface area contributed by atoms with Gasteiger partial charge in [0.15, 0.2) is 5.78 Å². The van der Waals surface area contributed by atoms with Crippen molar-refractivity contribution in [2.45, 2.75) is 58.4 Å². The van der Waals surface area contributed by atoms with Gasteiger partial charge in [-0.3, -0.25) is 4.79 Å². The first-order chi connectivity index (χ1) is 11.4. The number of aromatic hydroxyl groups is 1. The fourth-order valence-electron chi connectivity index (χ4n) is 2.91. The number of Topliss-reactive ketones (excluding diaryl/α,β-unsaturated/α-hetero) is 1. The van der Waals surface area contributed by atoms with Crippen molar-refractivity contribution in [3.05, 3.63) is 64.7 Å². The average molecular weight is 339 g/mol. The molecule has 0 aliphatic carbocycles. The summed E-state index contributed by atoms with van der Waals surface area (Å²) in [5, 5.41) is 10.8. The molecule has 0 aliphatic heterocycles. The van der Waals surface area contributed by atoms with Gasteiger partial charge in [-0.2, -0.15) is 0 Å². The number of phenols is 1. The molecule has 3 N–H and O–H groups in total. The minimum Gasteiger partial charge on any atom is -0.507 e. The third-order valence-corrected chi connectivity index (χ3v) is 4.45. The van der Waals surface area contributed by atoms with E-state index < -0.39 is 6.04 Å². The second-order valence-corrected chi connectivity index (χ2v) is 8.67. The third kappa shape index (κ3) is 4.10. The Morgan fingerprint density at radius 3 is 1.76 bits per heavy atom. The number of carbonyl (C=O) groups excluding carboxylic acids is 1. The Bertz CT molecular complexity index is 730. The summed E-state index contributed by atoms with van der Waals surface area (Å²) in [6, 6.07) is 12.2. The molecule has 0 saturated carbocycles. The molecule has 3 heteroatoms. The molecule has 0 bridgehead atoms. The minimum absolute atomic E-state index is 0.137. The predicted molar refractivity (Wildman–Crippen MR) is 103 cm³/mol. The van der Waals surface area contributed by atoms with Gasteiger partial charge in [-0.05, 0) is 28.5 Å². The van der Waals surface area contributed by atoms with E-state index >= 15 is 0 Å². The van der Waals surface area contributed by atoms with Crippen LogP contribution in [0.1, 0.15) is 74.6 Å². The van der Waals surface area contributed by atoms with Gasteiger partial charge >= 0.3 is 0 Å². The molecule has 0 radical (unpaired) electrons. The normalized spacial score (nSPS) is 13.6. The number of carbonyl (C=O) groups is 1. The van der Waals surface area contributed by atoms with Crippen LogP contribution < -0.4 is 5.73 Å². The number of hydrogen-bond donors (Lipinski definition) is 2. The minimum atomic E-state index is -0.716. The van der Waals surface area contributed by atoms with Gasteiger partial charge in [0.1, 0.15) is 5.75 Å². The molecule has 25 heavy (non-hydrogen) atoms. The van der Waals surface area contributed by atoms with Gasteiger partial charge in [0.05, 0.1) is 6.04 Å². The van der Waals surface area contributed by atoms with E-state index in [1.54, 1.807) is 12.1 Å². The van der Waals surface area contributed by atoms with Gasteiger partial charge in [0.2, 0.25) is 0 Å². The van der Waals surface area contributed by atoms with E-state index in [2.05, 4.69) is 0 Å². The topological polar surface area (TPSA) is 63.3 Å². The lowest BCUT2D eigenvalue weighted by Gasteiger charge is -2.28. The van der Waals surface area contributed by atoms with Crippen LogP contribution >= 0.6 is 0 Å². The fourth-order valence-corrected chi connectivity index (χ4v) is 2.91. The first-order valence-electron chi connectivity index (χ1n) is 8.65. The molecule has 3 nitrogen and oxygen atoms in total. The average Bonchev–Trinajstić information content (AvgIpc) is 2.52. The van der Waals surface area contributed by atoms with E-state index in [1.165, 1.54) is 0 Å². The van der Waals surface area contributed by atoms with E-state index in [-0.39, 0.29) is 22.4 Å². The van der Waals surface area contributed by atoms with Gasteiger partial charge in [-0.1, -0.05) is 71.9 Å². The van der Waals surface area contributed by atoms with Crippen molar-refractivity contribution in [3.8, 4) is 5.75 Å². The van der Waals surface area contributed by atoms with E-state index in [9.17, 15) is 9.90 Å². The maximum absolute atomic E-state index is 13.0. The predicted octanol–water partition coefficient (Wildman–Crippen LogP) is 4.87. The van der Waals surface area contributed by atoms with Crippen molar-refractivity contribution >= 4 is 5.78 Å². The Balaban J connectivity index is 2.59. The summed E-state index contributed by atoms with van der Waals surface area (Å²) in [5.74, 6) is 0.132. The summed E-state index contributed by atoms with van der Waals surface area (Å²) in [4.78, 5) is 13.0. The van der Waals surface area contributed by atoms with Crippen LogP contribution in [-0.4, -0.2) is 10.9 Å². The molecule has 0 spiro atoms. The highest BCUT2D eigenvalue weighted by molar-refractivity contribution is 6.01. The van der Waals surface area contributed by atoms with Crippen LogP contribution in [0, 0.1) is 0 Å². The van der Waals surface area contributed by atoms with E-state index in [1.807, 2.05) is 71.9 Å². The van der Waals surface area contributed by atoms with Gasteiger partial charge < -0.3 is 10.8 Å². The number of nitrogens with two attached hydrogens (primary N) is 1. The second kappa shape index (κ2) is 6.64. The standard InChI is InChI=1S/C22H29NO2/c1-21(2,3)16-12-15(13-17(20(16)25)22(4,5)6)19(24)18(23)14-10-8-7-9-11-14/h7-13,18,25H,23H2,1-6H3. The molecule has 0 heterocycles. The third-order valence-electron chi connectivity index (χ3n) is 4.45. The summed E-state index contributed by atoms with van der Waals surface area (Å²) in [6.07, 6.45) is 0. The monoisotopic (exact) mass is 339 g/mol. The van der Waals surface area contributed by atoms with Gasteiger partial charge in [0.25, 0.3) is 0 Å². The lowest BCUT2D eigenvalue weighted by atomic mass is 9.77. The van der Waals surface area contributed by atoms with E-state index in [0.29, 0.717) is 5.56 Å². The zero-order chi connectivity index (χ0) is 19.0. The van der Waals surface area contributed by atoms with Crippen LogP contribution in [0.4, 0.5) is 0 Å². The SMILES string of the molecule is CC(C)(C)c1cc(C(=O)C(N)c2ccccc2)cc(C(C)(C)C)c1O. The van der Waals surface area contributed by atoms with Gasteiger partial charge in [-0.15, -0.1) is 0 Å². The first kappa shape index (κ1) is 19.2.